The van der Waals surface area contributed by atoms with E-state index in [1.165, 1.54) is 5.57 Å². The van der Waals surface area contributed by atoms with Crippen molar-refractivity contribution < 1.29 is 24.9 Å². The van der Waals surface area contributed by atoms with E-state index in [0.717, 1.165) is 44.9 Å². The van der Waals surface area contributed by atoms with E-state index in [0.29, 0.717) is 36.5 Å². The molecule has 0 aromatic carbocycles. The van der Waals surface area contributed by atoms with Gasteiger partial charge in [-0.2, -0.15) is 0 Å². The van der Waals surface area contributed by atoms with Crippen molar-refractivity contribution in [3.63, 3.8) is 0 Å². The molecule has 3 saturated carbocycles. The summed E-state index contributed by atoms with van der Waals surface area (Å²) >= 11 is 0. The van der Waals surface area contributed by atoms with Crippen LogP contribution in [0, 0.1) is 39.9 Å². The van der Waals surface area contributed by atoms with E-state index in [4.69, 9.17) is 4.74 Å². The molecule has 4 rings (SSSR count). The molecule has 4 aliphatic rings. The predicted octanol–water partition coefficient (Wildman–Crippen LogP) is 6.32. The van der Waals surface area contributed by atoms with Crippen molar-refractivity contribution in [1.29, 1.82) is 0 Å². The van der Waals surface area contributed by atoms with Crippen LogP contribution in [0.5, 0.6) is 0 Å². The summed E-state index contributed by atoms with van der Waals surface area (Å²) in [6.45, 7) is 19.3. The highest BCUT2D eigenvalue weighted by Gasteiger charge is 2.69. The standard InChI is InChI=1S/C30H50O5/c1-19(2)20-11-16-28(7)23(26(20,5)14-13-24(31)32)10-9-21-22(12-15-27(21,28)6)29(8)17-18-30(34,35-29)25(3,4)33/h20-23,33-34H,1,9-18H2,2-8H3,(H,31,32)/t20?,21-,22-,23+,26+,27-,28-,29+,30+/m1/s1. The molecule has 35 heavy (non-hydrogen) atoms. The number of aliphatic carboxylic acids is 1. The topological polar surface area (TPSA) is 87.0 Å². The van der Waals surface area contributed by atoms with Crippen molar-refractivity contribution in [3.8, 4) is 0 Å². The fourth-order valence-electron chi connectivity index (χ4n) is 9.97. The lowest BCUT2D eigenvalue weighted by molar-refractivity contribution is -0.305. The van der Waals surface area contributed by atoms with Gasteiger partial charge in [-0.25, -0.2) is 0 Å². The van der Waals surface area contributed by atoms with Crippen LogP contribution in [0.25, 0.3) is 0 Å². The molecule has 0 aromatic heterocycles. The van der Waals surface area contributed by atoms with Crippen LogP contribution in [0.15, 0.2) is 12.2 Å². The number of carboxylic acids is 1. The van der Waals surface area contributed by atoms with Crippen LogP contribution in [-0.4, -0.2) is 38.3 Å². The second-order valence-corrected chi connectivity index (χ2v) is 14.3. The van der Waals surface area contributed by atoms with Crippen LogP contribution in [-0.2, 0) is 9.53 Å². The monoisotopic (exact) mass is 490 g/mol. The molecule has 0 amide bonds. The summed E-state index contributed by atoms with van der Waals surface area (Å²) in [5, 5.41) is 31.3. The van der Waals surface area contributed by atoms with Gasteiger partial charge in [-0.1, -0.05) is 32.9 Å². The first kappa shape index (κ1) is 27.1. The van der Waals surface area contributed by atoms with Gasteiger partial charge < -0.3 is 20.1 Å². The molecular formula is C30H50O5. The Morgan fingerprint density at radius 2 is 1.60 bits per heavy atom. The number of hydrogen-bond acceptors (Lipinski definition) is 4. The van der Waals surface area contributed by atoms with Gasteiger partial charge in [-0.3, -0.25) is 4.79 Å². The number of allylic oxidation sites excluding steroid dienone is 1. The summed E-state index contributed by atoms with van der Waals surface area (Å²) in [5.74, 6) is -0.513. The Bertz CT molecular complexity index is 876. The average Bonchev–Trinajstić information content (AvgIpc) is 3.25. The van der Waals surface area contributed by atoms with Crippen LogP contribution >= 0.6 is 0 Å². The van der Waals surface area contributed by atoms with Crippen LogP contribution < -0.4 is 0 Å². The first-order valence-corrected chi connectivity index (χ1v) is 14.0. The van der Waals surface area contributed by atoms with E-state index >= 15 is 0 Å². The second-order valence-electron chi connectivity index (χ2n) is 14.3. The molecule has 5 nitrogen and oxygen atoms in total. The lowest BCUT2D eigenvalue weighted by Gasteiger charge is -2.66. The Kier molecular flexibility index (Phi) is 6.43. The molecule has 0 radical (unpaired) electrons. The zero-order chi connectivity index (χ0) is 26.2. The third-order valence-electron chi connectivity index (χ3n) is 12.2. The normalized spacial score (nSPS) is 50.0. The second kappa shape index (κ2) is 8.30. The van der Waals surface area contributed by atoms with Crippen LogP contribution in [0.4, 0.5) is 0 Å². The Morgan fingerprint density at radius 1 is 0.971 bits per heavy atom. The van der Waals surface area contributed by atoms with E-state index in [-0.39, 0.29) is 22.7 Å². The minimum atomic E-state index is -1.50. The lowest BCUT2D eigenvalue weighted by atomic mass is 9.38. The van der Waals surface area contributed by atoms with Gasteiger partial charge in [0, 0.05) is 12.8 Å². The number of aliphatic hydroxyl groups is 2. The molecule has 4 fully saturated rings. The predicted molar refractivity (Wildman–Crippen MR) is 138 cm³/mol. The van der Waals surface area contributed by atoms with Gasteiger partial charge in [-0.05, 0) is 119 Å². The van der Waals surface area contributed by atoms with Crippen LogP contribution in [0.1, 0.15) is 113 Å². The maximum absolute atomic E-state index is 11.6. The number of ether oxygens (including phenoxy) is 1. The number of carboxylic acid groups (broad SMARTS) is 1. The first-order chi connectivity index (χ1) is 15.9. The molecule has 200 valence electrons. The summed E-state index contributed by atoms with van der Waals surface area (Å²) in [4.78, 5) is 11.6. The summed E-state index contributed by atoms with van der Waals surface area (Å²) in [5.41, 5.74) is -0.323. The largest absolute Gasteiger partial charge is 0.481 e. The van der Waals surface area contributed by atoms with E-state index in [1.54, 1.807) is 13.8 Å². The molecule has 3 N–H and O–H groups in total. The van der Waals surface area contributed by atoms with E-state index in [1.807, 2.05) is 0 Å². The molecule has 0 spiro atoms. The van der Waals surface area contributed by atoms with Crippen molar-refractivity contribution in [2.75, 3.05) is 0 Å². The summed E-state index contributed by atoms with van der Waals surface area (Å²) in [6.07, 6.45) is 8.84. The molecule has 0 aromatic rings. The fourth-order valence-corrected chi connectivity index (χ4v) is 9.97. The average molecular weight is 491 g/mol. The van der Waals surface area contributed by atoms with Gasteiger partial charge in [0.05, 0.1) is 5.60 Å². The molecular weight excluding hydrogens is 440 g/mol. The molecule has 1 heterocycles. The maximum Gasteiger partial charge on any atom is 0.303 e. The highest BCUT2D eigenvalue weighted by atomic mass is 16.7. The molecule has 0 bridgehead atoms. The Hall–Kier alpha value is -0.910. The smallest absolute Gasteiger partial charge is 0.303 e. The minimum absolute atomic E-state index is 0.0573. The lowest BCUT2D eigenvalue weighted by Crippen LogP contribution is -2.60. The van der Waals surface area contributed by atoms with Crippen molar-refractivity contribution in [1.82, 2.24) is 0 Å². The molecule has 1 aliphatic heterocycles. The van der Waals surface area contributed by atoms with Crippen LogP contribution in [0.2, 0.25) is 0 Å². The summed E-state index contributed by atoms with van der Waals surface area (Å²) in [6, 6.07) is 0. The quantitative estimate of drug-likeness (QED) is 0.379. The zero-order valence-electron chi connectivity index (χ0n) is 23.2. The van der Waals surface area contributed by atoms with Gasteiger partial charge in [0.1, 0.15) is 5.60 Å². The van der Waals surface area contributed by atoms with Crippen molar-refractivity contribution in [2.45, 2.75) is 130 Å². The van der Waals surface area contributed by atoms with Crippen molar-refractivity contribution in [3.05, 3.63) is 12.2 Å². The number of carbonyl (C=O) groups is 1. The molecule has 3 aliphatic carbocycles. The maximum atomic E-state index is 11.6. The minimum Gasteiger partial charge on any atom is -0.481 e. The summed E-state index contributed by atoms with van der Waals surface area (Å²) in [7, 11) is 0. The van der Waals surface area contributed by atoms with Gasteiger partial charge in [0.15, 0.2) is 5.79 Å². The van der Waals surface area contributed by atoms with Gasteiger partial charge in [0.25, 0.3) is 0 Å². The third kappa shape index (κ3) is 3.85. The third-order valence-corrected chi connectivity index (χ3v) is 12.2. The van der Waals surface area contributed by atoms with Crippen molar-refractivity contribution in [2.24, 2.45) is 39.9 Å². The van der Waals surface area contributed by atoms with Crippen molar-refractivity contribution >= 4 is 5.97 Å². The zero-order valence-corrected chi connectivity index (χ0v) is 23.2. The van der Waals surface area contributed by atoms with E-state index < -0.39 is 23.0 Å². The molecule has 5 heteroatoms. The Morgan fingerprint density at radius 3 is 2.14 bits per heavy atom. The Balaban J connectivity index is 1.66. The van der Waals surface area contributed by atoms with E-state index in [9.17, 15) is 20.1 Å². The first-order valence-electron chi connectivity index (χ1n) is 14.0. The van der Waals surface area contributed by atoms with Crippen LogP contribution in [0.3, 0.4) is 0 Å². The molecule has 1 saturated heterocycles. The highest BCUT2D eigenvalue weighted by Crippen LogP contribution is 2.74. The van der Waals surface area contributed by atoms with Gasteiger partial charge >= 0.3 is 5.97 Å². The molecule has 1 unspecified atom stereocenters. The fraction of sp³-hybridized carbons (Fsp3) is 0.900. The highest BCUT2D eigenvalue weighted by molar-refractivity contribution is 5.66. The number of hydrogen-bond donors (Lipinski definition) is 3. The summed E-state index contributed by atoms with van der Waals surface area (Å²) < 4.78 is 6.43. The van der Waals surface area contributed by atoms with Gasteiger partial charge in [-0.15, -0.1) is 0 Å². The molecule has 9 atom stereocenters. The SMILES string of the molecule is C=C(C)C1CC[C@]2(C)[C@@H](CC[C@@H]3[C@H]([C@]4(C)CC[C@@](O)(C(C)(C)O)O4)CC[C@]32C)[C@@]1(C)CCC(=O)O. The number of rotatable bonds is 6. The van der Waals surface area contributed by atoms with Gasteiger partial charge in [0.2, 0.25) is 0 Å². The Labute approximate surface area is 212 Å². The van der Waals surface area contributed by atoms with E-state index in [2.05, 4.69) is 41.2 Å². The number of fused-ring (bicyclic) bond motifs is 3.